The topological polar surface area (TPSA) is 112 Å². The Balaban J connectivity index is 1.77. The highest BCUT2D eigenvalue weighted by molar-refractivity contribution is 6.12. The molecule has 0 aliphatic rings. The van der Waals surface area contributed by atoms with Crippen LogP contribution in [0.5, 0.6) is 11.8 Å². The third-order valence-electron chi connectivity index (χ3n) is 4.74. The Morgan fingerprint density at radius 1 is 1.03 bits per heavy atom. The molecule has 0 bridgehead atoms. The normalized spacial score (nSPS) is 11.4. The Morgan fingerprint density at radius 2 is 1.90 bits per heavy atom. The molecule has 0 radical (unpaired) electrons. The van der Waals surface area contributed by atoms with Crippen molar-refractivity contribution in [1.29, 1.82) is 0 Å². The van der Waals surface area contributed by atoms with Crippen molar-refractivity contribution in [3.8, 4) is 23.3 Å². The number of aromatic nitrogens is 6. The van der Waals surface area contributed by atoms with E-state index in [0.717, 1.165) is 27.4 Å². The lowest BCUT2D eigenvalue weighted by molar-refractivity contribution is 0.186. The summed E-state index contributed by atoms with van der Waals surface area (Å²) >= 11 is 0. The smallest absolute Gasteiger partial charge is 0.321 e. The van der Waals surface area contributed by atoms with Crippen molar-refractivity contribution in [2.45, 2.75) is 20.0 Å². The van der Waals surface area contributed by atoms with Crippen molar-refractivity contribution in [2.24, 2.45) is 0 Å². The van der Waals surface area contributed by atoms with Gasteiger partial charge in [-0.25, -0.2) is 15.0 Å². The van der Waals surface area contributed by atoms with E-state index in [1.54, 1.807) is 31.8 Å². The zero-order valence-corrected chi connectivity index (χ0v) is 16.4. The van der Waals surface area contributed by atoms with Crippen LogP contribution in [0.3, 0.4) is 0 Å². The van der Waals surface area contributed by atoms with Crippen LogP contribution < -0.4 is 4.74 Å². The average Bonchev–Trinajstić information content (AvgIpc) is 3.40. The molecular formula is C21H18N6O3. The maximum Gasteiger partial charge on any atom is 0.321 e. The van der Waals surface area contributed by atoms with E-state index < -0.39 is 0 Å². The maximum absolute atomic E-state index is 6.00. The Labute approximate surface area is 171 Å². The number of nitrogens with one attached hydrogen (secondary N) is 1. The Morgan fingerprint density at radius 3 is 2.67 bits per heavy atom. The van der Waals surface area contributed by atoms with Crippen LogP contribution in [0, 0.1) is 0 Å². The molecule has 150 valence electrons. The zero-order valence-electron chi connectivity index (χ0n) is 16.4. The number of aryl methyl sites for hydroxylation is 1. The van der Waals surface area contributed by atoms with E-state index >= 15 is 0 Å². The monoisotopic (exact) mass is 402 g/mol. The number of pyridine rings is 1. The highest BCUT2D eigenvalue weighted by atomic mass is 16.5. The number of hydrogen-bond acceptors (Lipinski definition) is 8. The summed E-state index contributed by atoms with van der Waals surface area (Å²) in [5, 5.41) is 5.80. The number of fused-ring (bicyclic) bond motifs is 3. The van der Waals surface area contributed by atoms with Gasteiger partial charge in [0.15, 0.2) is 5.82 Å². The number of H-pyrrole nitrogens is 1. The SMILES string of the molecule is CCc1noc(-c2ncc3[nH]c4cccc(Oc5ncccn5)c4c3c2COC)n1. The van der Waals surface area contributed by atoms with Crippen LogP contribution in [0.15, 0.2) is 47.4 Å². The van der Waals surface area contributed by atoms with Gasteiger partial charge in [0.25, 0.3) is 5.89 Å². The van der Waals surface area contributed by atoms with Gasteiger partial charge in [-0.2, -0.15) is 4.98 Å². The molecule has 0 saturated heterocycles. The van der Waals surface area contributed by atoms with Crippen molar-refractivity contribution in [3.05, 3.63) is 54.2 Å². The van der Waals surface area contributed by atoms with Gasteiger partial charge in [0.1, 0.15) is 11.4 Å². The van der Waals surface area contributed by atoms with E-state index in [9.17, 15) is 0 Å². The zero-order chi connectivity index (χ0) is 20.5. The molecule has 0 fully saturated rings. The van der Waals surface area contributed by atoms with E-state index in [0.29, 0.717) is 36.2 Å². The second-order valence-corrected chi connectivity index (χ2v) is 6.61. The van der Waals surface area contributed by atoms with Gasteiger partial charge in [0, 0.05) is 36.9 Å². The van der Waals surface area contributed by atoms with Crippen LogP contribution in [0.4, 0.5) is 0 Å². The number of benzene rings is 1. The highest BCUT2D eigenvalue weighted by Gasteiger charge is 2.21. The molecule has 5 rings (SSSR count). The lowest BCUT2D eigenvalue weighted by atomic mass is 10.0. The van der Waals surface area contributed by atoms with Gasteiger partial charge in [0.05, 0.1) is 29.2 Å². The minimum Gasteiger partial charge on any atom is -0.424 e. The molecule has 30 heavy (non-hydrogen) atoms. The van der Waals surface area contributed by atoms with Gasteiger partial charge in [-0.3, -0.25) is 0 Å². The first-order valence-corrected chi connectivity index (χ1v) is 9.47. The quantitative estimate of drug-likeness (QED) is 0.453. The van der Waals surface area contributed by atoms with E-state index in [2.05, 4.69) is 30.1 Å². The van der Waals surface area contributed by atoms with Gasteiger partial charge >= 0.3 is 6.01 Å². The summed E-state index contributed by atoms with van der Waals surface area (Å²) in [6.07, 6.45) is 5.70. The lowest BCUT2D eigenvalue weighted by Crippen LogP contribution is -1.98. The standard InChI is InChI=1S/C21H18N6O3/c1-3-16-26-20(30-27-16)19-12(11-28-2)17-14(10-24-19)25-13-6-4-7-15(18(13)17)29-21-22-8-5-9-23-21/h4-10,25H,3,11H2,1-2H3. The summed E-state index contributed by atoms with van der Waals surface area (Å²) in [6, 6.07) is 7.78. The first-order chi connectivity index (χ1) is 14.8. The summed E-state index contributed by atoms with van der Waals surface area (Å²) in [6.45, 7) is 2.28. The molecular weight excluding hydrogens is 384 g/mol. The van der Waals surface area contributed by atoms with Crippen LogP contribution in [0.2, 0.25) is 0 Å². The fourth-order valence-electron chi connectivity index (χ4n) is 3.46. The summed E-state index contributed by atoms with van der Waals surface area (Å²) < 4.78 is 17.0. The fraction of sp³-hybridized carbons (Fsp3) is 0.190. The summed E-state index contributed by atoms with van der Waals surface area (Å²) in [5.41, 5.74) is 3.16. The molecule has 5 aromatic rings. The molecule has 0 atom stereocenters. The predicted octanol–water partition coefficient (Wildman–Crippen LogP) is 4.06. The van der Waals surface area contributed by atoms with Crippen LogP contribution in [0.25, 0.3) is 33.4 Å². The molecule has 0 spiro atoms. The number of nitrogens with zero attached hydrogens (tertiary/aromatic N) is 5. The Hall–Kier alpha value is -3.85. The highest BCUT2D eigenvalue weighted by Crippen LogP contribution is 2.39. The van der Waals surface area contributed by atoms with Crippen molar-refractivity contribution in [2.75, 3.05) is 7.11 Å². The van der Waals surface area contributed by atoms with Crippen molar-refractivity contribution >= 4 is 21.8 Å². The van der Waals surface area contributed by atoms with E-state index in [4.69, 9.17) is 14.0 Å². The number of aromatic amines is 1. The number of hydrogen-bond donors (Lipinski definition) is 1. The molecule has 9 heteroatoms. The van der Waals surface area contributed by atoms with Crippen LogP contribution in [0.1, 0.15) is 18.3 Å². The fourth-order valence-corrected chi connectivity index (χ4v) is 3.46. The van der Waals surface area contributed by atoms with Crippen LogP contribution in [-0.4, -0.2) is 37.2 Å². The molecule has 1 N–H and O–H groups in total. The third-order valence-corrected chi connectivity index (χ3v) is 4.74. The molecule has 0 aliphatic heterocycles. The molecule has 0 aliphatic carbocycles. The predicted molar refractivity (Wildman–Crippen MR) is 109 cm³/mol. The van der Waals surface area contributed by atoms with Gasteiger partial charge in [-0.1, -0.05) is 18.1 Å². The van der Waals surface area contributed by atoms with Crippen LogP contribution in [-0.2, 0) is 17.8 Å². The molecule has 0 saturated carbocycles. The molecule has 0 amide bonds. The second kappa shape index (κ2) is 7.53. The summed E-state index contributed by atoms with van der Waals surface area (Å²) in [5.74, 6) is 1.61. The summed E-state index contributed by atoms with van der Waals surface area (Å²) in [4.78, 5) is 20.8. The van der Waals surface area contributed by atoms with Crippen molar-refractivity contribution < 1.29 is 14.0 Å². The van der Waals surface area contributed by atoms with E-state index in [1.807, 2.05) is 25.1 Å². The van der Waals surface area contributed by atoms with Crippen LogP contribution >= 0.6 is 0 Å². The van der Waals surface area contributed by atoms with Gasteiger partial charge in [0.2, 0.25) is 0 Å². The maximum atomic E-state index is 6.00. The minimum atomic E-state index is 0.270. The summed E-state index contributed by atoms with van der Waals surface area (Å²) in [7, 11) is 1.64. The number of rotatable bonds is 6. The first kappa shape index (κ1) is 18.2. The lowest BCUT2D eigenvalue weighted by Gasteiger charge is -2.09. The van der Waals surface area contributed by atoms with Crippen molar-refractivity contribution in [3.63, 3.8) is 0 Å². The van der Waals surface area contributed by atoms with E-state index in [1.165, 1.54) is 0 Å². The number of ether oxygens (including phenoxy) is 2. The average molecular weight is 402 g/mol. The Bertz CT molecular complexity index is 1330. The third kappa shape index (κ3) is 3.05. The number of methoxy groups -OCH3 is 1. The molecule has 4 aromatic heterocycles. The Kier molecular flexibility index (Phi) is 4.56. The van der Waals surface area contributed by atoms with Crippen molar-refractivity contribution in [1.82, 2.24) is 30.1 Å². The van der Waals surface area contributed by atoms with Gasteiger partial charge < -0.3 is 19.0 Å². The van der Waals surface area contributed by atoms with E-state index in [-0.39, 0.29) is 6.01 Å². The first-order valence-electron chi connectivity index (χ1n) is 9.47. The molecule has 0 unspecified atom stereocenters. The molecule has 9 nitrogen and oxygen atoms in total. The second-order valence-electron chi connectivity index (χ2n) is 6.61. The minimum absolute atomic E-state index is 0.270. The molecule has 4 heterocycles. The largest absolute Gasteiger partial charge is 0.424 e. The molecule has 1 aromatic carbocycles. The van der Waals surface area contributed by atoms with Gasteiger partial charge in [-0.15, -0.1) is 0 Å². The van der Waals surface area contributed by atoms with Gasteiger partial charge in [-0.05, 0) is 18.2 Å².